The fourth-order valence-electron chi connectivity index (χ4n) is 2.00. The molecule has 4 heteroatoms. The van der Waals surface area contributed by atoms with Gasteiger partial charge >= 0.3 is 5.97 Å². The summed E-state index contributed by atoms with van der Waals surface area (Å²) in [4.78, 5) is 12.1. The maximum atomic E-state index is 12.1. The van der Waals surface area contributed by atoms with Gasteiger partial charge in [-0.25, -0.2) is 8.78 Å². The molecule has 0 saturated heterocycles. The van der Waals surface area contributed by atoms with Gasteiger partial charge in [0.15, 0.2) is 6.61 Å². The van der Waals surface area contributed by atoms with Gasteiger partial charge in [-0.05, 0) is 24.2 Å². The highest BCUT2D eigenvalue weighted by atomic mass is 19.3. The number of ether oxygens (including phenoxy) is 1. The number of halogens is 2. The Kier molecular flexibility index (Phi) is 5.33. The third kappa shape index (κ3) is 4.91. The third-order valence-corrected chi connectivity index (χ3v) is 3.33. The van der Waals surface area contributed by atoms with E-state index in [-0.39, 0.29) is 10.8 Å². The Morgan fingerprint density at radius 1 is 1.06 bits per heavy atom. The summed E-state index contributed by atoms with van der Waals surface area (Å²) in [5, 5.41) is 0. The van der Waals surface area contributed by atoms with E-state index in [1.54, 1.807) is 6.92 Å². The Morgan fingerprint density at radius 2 is 1.50 bits per heavy atom. The quantitative estimate of drug-likeness (QED) is 0.708. The van der Waals surface area contributed by atoms with Crippen molar-refractivity contribution in [1.29, 1.82) is 0 Å². The Morgan fingerprint density at radius 3 is 1.78 bits per heavy atom. The van der Waals surface area contributed by atoms with Crippen molar-refractivity contribution in [1.82, 2.24) is 0 Å². The maximum Gasteiger partial charge on any atom is 0.312 e. The van der Waals surface area contributed by atoms with Crippen molar-refractivity contribution in [2.24, 2.45) is 16.2 Å². The molecule has 0 heterocycles. The van der Waals surface area contributed by atoms with Crippen LogP contribution in [-0.4, -0.2) is 19.0 Å². The first-order valence-corrected chi connectivity index (χ1v) is 6.25. The van der Waals surface area contributed by atoms with Crippen molar-refractivity contribution in [3.05, 3.63) is 0 Å². The van der Waals surface area contributed by atoms with E-state index in [9.17, 15) is 13.6 Å². The first kappa shape index (κ1) is 17.3. The molecule has 0 aromatic heterocycles. The lowest BCUT2D eigenvalue weighted by molar-refractivity contribution is -0.168. The molecule has 0 rings (SSSR count). The normalized spacial score (nSPS) is 16.6. The van der Waals surface area contributed by atoms with E-state index in [2.05, 4.69) is 0 Å². The molecule has 108 valence electrons. The molecule has 1 unspecified atom stereocenters. The van der Waals surface area contributed by atoms with Crippen LogP contribution in [0.4, 0.5) is 8.78 Å². The van der Waals surface area contributed by atoms with E-state index in [1.165, 1.54) is 0 Å². The lowest BCUT2D eigenvalue weighted by Crippen LogP contribution is -2.44. The van der Waals surface area contributed by atoms with Crippen LogP contribution in [0.3, 0.4) is 0 Å². The van der Waals surface area contributed by atoms with Gasteiger partial charge in [-0.3, -0.25) is 4.79 Å². The van der Waals surface area contributed by atoms with E-state index >= 15 is 0 Å². The molecule has 0 aliphatic carbocycles. The van der Waals surface area contributed by atoms with E-state index < -0.39 is 24.4 Å². The van der Waals surface area contributed by atoms with Crippen LogP contribution in [0.5, 0.6) is 0 Å². The largest absolute Gasteiger partial charge is 0.459 e. The third-order valence-electron chi connectivity index (χ3n) is 3.33. The molecule has 0 fully saturated rings. The van der Waals surface area contributed by atoms with Crippen LogP contribution < -0.4 is 0 Å². The molecular weight excluding hydrogens is 238 g/mol. The van der Waals surface area contributed by atoms with Gasteiger partial charge in [0.1, 0.15) is 0 Å². The summed E-state index contributed by atoms with van der Waals surface area (Å²) in [5.41, 5.74) is -1.20. The number of rotatable bonds is 4. The predicted molar refractivity (Wildman–Crippen MR) is 68.6 cm³/mol. The Labute approximate surface area is 109 Å². The molecule has 1 atom stereocenters. The average molecular weight is 264 g/mol. The highest BCUT2D eigenvalue weighted by Gasteiger charge is 2.47. The first-order valence-electron chi connectivity index (χ1n) is 6.25. The molecule has 0 aromatic rings. The zero-order chi connectivity index (χ0) is 14.8. The highest BCUT2D eigenvalue weighted by Crippen LogP contribution is 2.47. The minimum absolute atomic E-state index is 0.0775. The predicted octanol–water partition coefficient (Wildman–Crippen LogP) is 4.28. The van der Waals surface area contributed by atoms with Gasteiger partial charge < -0.3 is 4.74 Å². The summed E-state index contributed by atoms with van der Waals surface area (Å²) < 4.78 is 29.0. The van der Waals surface area contributed by atoms with Gasteiger partial charge in [-0.2, -0.15) is 0 Å². The fraction of sp³-hybridized carbons (Fsp3) is 0.929. The first-order chi connectivity index (χ1) is 7.79. The molecule has 0 saturated carbocycles. The van der Waals surface area contributed by atoms with Crippen LogP contribution in [0.15, 0.2) is 0 Å². The molecule has 0 bridgehead atoms. The number of carbonyl (C=O) groups excluding carboxylic acids is 1. The molecule has 0 aromatic carbocycles. The van der Waals surface area contributed by atoms with Crippen molar-refractivity contribution in [2.45, 2.75) is 61.3 Å². The Balaban J connectivity index is 5.06. The summed E-state index contributed by atoms with van der Waals surface area (Å²) in [6, 6.07) is 0. The molecule has 0 N–H and O–H groups in total. The molecule has 0 spiro atoms. The zero-order valence-corrected chi connectivity index (χ0v) is 12.6. The smallest absolute Gasteiger partial charge is 0.312 e. The Bertz CT molecular complexity index is 287. The topological polar surface area (TPSA) is 26.3 Å². The summed E-state index contributed by atoms with van der Waals surface area (Å²) in [6.07, 6.45) is -2.03. The second-order valence-electron chi connectivity index (χ2n) is 7.31. The molecular formula is C14H26F2O2. The fourth-order valence-corrected chi connectivity index (χ4v) is 2.00. The van der Waals surface area contributed by atoms with Gasteiger partial charge in [-0.1, -0.05) is 41.5 Å². The van der Waals surface area contributed by atoms with E-state index in [4.69, 9.17) is 4.74 Å². The average Bonchev–Trinajstić information content (AvgIpc) is 2.09. The number of alkyl halides is 2. The van der Waals surface area contributed by atoms with Gasteiger partial charge in [0.25, 0.3) is 6.43 Å². The number of hydrogen-bond donors (Lipinski definition) is 0. The van der Waals surface area contributed by atoms with Crippen LogP contribution in [0.1, 0.15) is 54.9 Å². The van der Waals surface area contributed by atoms with Crippen molar-refractivity contribution in [2.75, 3.05) is 6.61 Å². The van der Waals surface area contributed by atoms with Crippen molar-refractivity contribution < 1.29 is 18.3 Å². The molecule has 0 amide bonds. The van der Waals surface area contributed by atoms with Crippen LogP contribution >= 0.6 is 0 Å². The van der Waals surface area contributed by atoms with Crippen LogP contribution in [0.25, 0.3) is 0 Å². The standard InChI is InChI=1S/C14H26F2O2/c1-12(2,3)9-14(7,13(4,5)6)11(17)18-8-10(15)16/h10H,8-9H2,1-7H3. The van der Waals surface area contributed by atoms with Crippen molar-refractivity contribution in [3.63, 3.8) is 0 Å². The second kappa shape index (κ2) is 5.54. The zero-order valence-electron chi connectivity index (χ0n) is 12.6. The van der Waals surface area contributed by atoms with Crippen molar-refractivity contribution >= 4 is 5.97 Å². The van der Waals surface area contributed by atoms with E-state index in [0.717, 1.165) is 0 Å². The van der Waals surface area contributed by atoms with Crippen LogP contribution in [-0.2, 0) is 9.53 Å². The number of carbonyl (C=O) groups is 1. The molecule has 0 radical (unpaired) electrons. The molecule has 18 heavy (non-hydrogen) atoms. The van der Waals surface area contributed by atoms with E-state index in [1.807, 2.05) is 41.5 Å². The lowest BCUT2D eigenvalue weighted by atomic mass is 9.61. The second-order valence-corrected chi connectivity index (χ2v) is 7.31. The lowest BCUT2D eigenvalue weighted by Gasteiger charge is -2.43. The molecule has 2 nitrogen and oxygen atoms in total. The van der Waals surface area contributed by atoms with E-state index in [0.29, 0.717) is 6.42 Å². The Hall–Kier alpha value is -0.670. The van der Waals surface area contributed by atoms with Crippen molar-refractivity contribution in [3.8, 4) is 0 Å². The molecule has 0 aliphatic heterocycles. The highest BCUT2D eigenvalue weighted by molar-refractivity contribution is 5.77. The minimum Gasteiger partial charge on any atom is -0.459 e. The summed E-state index contributed by atoms with van der Waals surface area (Å²) in [5.74, 6) is -0.537. The minimum atomic E-state index is -2.62. The van der Waals surface area contributed by atoms with Gasteiger partial charge in [0.05, 0.1) is 5.41 Å². The van der Waals surface area contributed by atoms with Crippen LogP contribution in [0, 0.1) is 16.2 Å². The summed E-state index contributed by atoms with van der Waals surface area (Å²) in [7, 11) is 0. The number of esters is 1. The maximum absolute atomic E-state index is 12.1. The van der Waals surface area contributed by atoms with Crippen LogP contribution in [0.2, 0.25) is 0 Å². The summed E-state index contributed by atoms with van der Waals surface area (Å²) in [6.45, 7) is 12.8. The number of hydrogen-bond acceptors (Lipinski definition) is 2. The monoisotopic (exact) mass is 264 g/mol. The summed E-state index contributed by atoms with van der Waals surface area (Å²) >= 11 is 0. The van der Waals surface area contributed by atoms with Gasteiger partial charge in [0, 0.05) is 0 Å². The van der Waals surface area contributed by atoms with Gasteiger partial charge in [0.2, 0.25) is 0 Å². The SMILES string of the molecule is CC(C)(C)CC(C)(C(=O)OCC(F)F)C(C)(C)C. The van der Waals surface area contributed by atoms with Gasteiger partial charge in [-0.15, -0.1) is 0 Å². The molecule has 0 aliphatic rings.